The second-order valence-electron chi connectivity index (χ2n) is 2.11. The van der Waals surface area contributed by atoms with E-state index in [-0.39, 0.29) is 5.75 Å². The van der Waals surface area contributed by atoms with Crippen molar-refractivity contribution in [1.29, 1.82) is 0 Å². The molecule has 0 atom stereocenters. The molecule has 0 amide bonds. The van der Waals surface area contributed by atoms with Crippen LogP contribution in [-0.2, 0) is 10.0 Å². The van der Waals surface area contributed by atoms with Crippen molar-refractivity contribution in [3.8, 4) is 12.3 Å². The lowest BCUT2D eigenvalue weighted by Crippen LogP contribution is -2.26. The third kappa shape index (κ3) is 5.89. The minimum absolute atomic E-state index is 0.128. The Kier molecular flexibility index (Phi) is 4.92. The number of nitrogens with one attached hydrogen (secondary N) is 1. The van der Waals surface area contributed by atoms with Crippen molar-refractivity contribution in [3.63, 3.8) is 0 Å². The van der Waals surface area contributed by atoms with Crippen LogP contribution in [0, 0.1) is 12.3 Å². The van der Waals surface area contributed by atoms with Gasteiger partial charge in [0.25, 0.3) is 0 Å². The highest BCUT2D eigenvalue weighted by Crippen LogP contribution is 1.86. The van der Waals surface area contributed by atoms with Crippen LogP contribution in [0.15, 0.2) is 0 Å². The molecule has 0 aliphatic rings. The smallest absolute Gasteiger partial charge is 0.211 e. The van der Waals surface area contributed by atoms with E-state index in [2.05, 4.69) is 10.6 Å². The van der Waals surface area contributed by atoms with Crippen LogP contribution in [-0.4, -0.2) is 20.7 Å². The lowest BCUT2D eigenvalue weighted by Gasteiger charge is -2.01. The lowest BCUT2D eigenvalue weighted by molar-refractivity contribution is 0.581. The number of unbranched alkanes of at least 4 members (excludes halogenated alkanes) is 1. The summed E-state index contributed by atoms with van der Waals surface area (Å²) in [6, 6.07) is 0. The number of terminal acetylenes is 1. The third-order valence-corrected chi connectivity index (χ3v) is 2.60. The first-order valence-corrected chi connectivity index (χ1v) is 5.18. The Balaban J connectivity index is 3.49. The van der Waals surface area contributed by atoms with Crippen molar-refractivity contribution in [2.45, 2.75) is 19.8 Å². The van der Waals surface area contributed by atoms with E-state index < -0.39 is 10.0 Å². The van der Waals surface area contributed by atoms with E-state index in [0.717, 1.165) is 0 Å². The Hall–Kier alpha value is -0.530. The first-order valence-electron chi connectivity index (χ1n) is 3.53. The standard InChI is InChI=1S/C7H13NO2S/c1-3-5-6-7-8-11(9,10)4-2/h1,8H,4-7H2,2H3. The Labute approximate surface area is 68.2 Å². The van der Waals surface area contributed by atoms with Crippen LogP contribution in [0.5, 0.6) is 0 Å². The monoisotopic (exact) mass is 175 g/mol. The van der Waals surface area contributed by atoms with Gasteiger partial charge >= 0.3 is 0 Å². The third-order valence-electron chi connectivity index (χ3n) is 1.20. The van der Waals surface area contributed by atoms with Gasteiger partial charge in [0.15, 0.2) is 0 Å². The molecular weight excluding hydrogens is 162 g/mol. The van der Waals surface area contributed by atoms with Crippen molar-refractivity contribution in [1.82, 2.24) is 4.72 Å². The van der Waals surface area contributed by atoms with Gasteiger partial charge in [0.2, 0.25) is 10.0 Å². The second kappa shape index (κ2) is 5.16. The van der Waals surface area contributed by atoms with Crippen molar-refractivity contribution in [3.05, 3.63) is 0 Å². The molecule has 64 valence electrons. The van der Waals surface area contributed by atoms with Gasteiger partial charge in [-0.05, 0) is 13.3 Å². The molecule has 0 saturated heterocycles. The van der Waals surface area contributed by atoms with Gasteiger partial charge in [-0.3, -0.25) is 0 Å². The predicted octanol–water partition coefficient (Wildman–Crippen LogP) is 0.339. The molecule has 0 saturated carbocycles. The molecule has 0 radical (unpaired) electrons. The Bertz CT molecular complexity index is 225. The van der Waals surface area contributed by atoms with Gasteiger partial charge < -0.3 is 0 Å². The van der Waals surface area contributed by atoms with E-state index in [1.807, 2.05) is 0 Å². The summed E-state index contributed by atoms with van der Waals surface area (Å²) < 4.78 is 24.0. The molecule has 0 rings (SSSR count). The van der Waals surface area contributed by atoms with Crippen molar-refractivity contribution in [2.24, 2.45) is 0 Å². The molecule has 0 bridgehead atoms. The largest absolute Gasteiger partial charge is 0.215 e. The Morgan fingerprint density at radius 3 is 2.64 bits per heavy atom. The molecule has 0 aliphatic carbocycles. The molecule has 0 aromatic rings. The maximum Gasteiger partial charge on any atom is 0.211 e. The minimum atomic E-state index is -3.02. The van der Waals surface area contributed by atoms with Crippen molar-refractivity contribution < 1.29 is 8.42 Å². The quantitative estimate of drug-likeness (QED) is 0.484. The van der Waals surface area contributed by atoms with Gasteiger partial charge in [0.1, 0.15) is 0 Å². The molecule has 0 heterocycles. The molecule has 0 unspecified atom stereocenters. The zero-order valence-corrected chi connectivity index (χ0v) is 7.45. The molecule has 0 aliphatic heterocycles. The van der Waals surface area contributed by atoms with E-state index in [1.165, 1.54) is 0 Å². The van der Waals surface area contributed by atoms with Crippen LogP contribution < -0.4 is 4.72 Å². The van der Waals surface area contributed by atoms with Gasteiger partial charge in [0, 0.05) is 13.0 Å². The van der Waals surface area contributed by atoms with Gasteiger partial charge in [-0.2, -0.15) is 0 Å². The average Bonchev–Trinajstić information content (AvgIpc) is 1.99. The molecule has 0 spiro atoms. The summed E-state index contributed by atoms with van der Waals surface area (Å²) in [7, 11) is -3.02. The van der Waals surface area contributed by atoms with Crippen LogP contribution >= 0.6 is 0 Å². The Morgan fingerprint density at radius 1 is 1.55 bits per heavy atom. The second-order valence-corrected chi connectivity index (χ2v) is 4.20. The summed E-state index contributed by atoms with van der Waals surface area (Å²) in [6.07, 6.45) is 6.31. The summed E-state index contributed by atoms with van der Waals surface area (Å²) >= 11 is 0. The molecule has 11 heavy (non-hydrogen) atoms. The molecule has 4 heteroatoms. The van der Waals surface area contributed by atoms with Crippen LogP contribution in [0.3, 0.4) is 0 Å². The van der Waals surface area contributed by atoms with Gasteiger partial charge in [-0.1, -0.05) is 0 Å². The minimum Gasteiger partial charge on any atom is -0.215 e. The fraction of sp³-hybridized carbons (Fsp3) is 0.714. The fourth-order valence-corrected chi connectivity index (χ4v) is 1.18. The maximum absolute atomic E-state index is 10.8. The van der Waals surface area contributed by atoms with Crippen LogP contribution in [0.4, 0.5) is 0 Å². The molecule has 0 fully saturated rings. The number of rotatable bonds is 5. The molecule has 1 N–H and O–H groups in total. The maximum atomic E-state index is 10.8. The summed E-state index contributed by atoms with van der Waals surface area (Å²) in [4.78, 5) is 0. The number of hydrogen-bond acceptors (Lipinski definition) is 2. The van der Waals surface area contributed by atoms with E-state index in [9.17, 15) is 8.42 Å². The summed E-state index contributed by atoms with van der Waals surface area (Å²) in [5.41, 5.74) is 0. The van der Waals surface area contributed by atoms with E-state index in [4.69, 9.17) is 6.42 Å². The van der Waals surface area contributed by atoms with Crippen LogP contribution in [0.2, 0.25) is 0 Å². The molecule has 0 aromatic carbocycles. The summed E-state index contributed by atoms with van der Waals surface area (Å²) in [5, 5.41) is 0. The normalized spacial score (nSPS) is 10.9. The van der Waals surface area contributed by atoms with Crippen LogP contribution in [0.25, 0.3) is 0 Å². The van der Waals surface area contributed by atoms with Crippen molar-refractivity contribution in [2.75, 3.05) is 12.3 Å². The first kappa shape index (κ1) is 10.5. The van der Waals surface area contributed by atoms with E-state index in [0.29, 0.717) is 19.4 Å². The van der Waals surface area contributed by atoms with Gasteiger partial charge in [-0.15, -0.1) is 12.3 Å². The van der Waals surface area contributed by atoms with E-state index >= 15 is 0 Å². The average molecular weight is 175 g/mol. The zero-order chi connectivity index (χ0) is 8.74. The summed E-state index contributed by atoms with van der Waals surface area (Å²) in [6.45, 7) is 2.05. The highest BCUT2D eigenvalue weighted by atomic mass is 32.2. The SMILES string of the molecule is C#CCCCNS(=O)(=O)CC. The molecular formula is C7H13NO2S. The molecule has 0 aromatic heterocycles. The van der Waals surface area contributed by atoms with Gasteiger partial charge in [-0.25, -0.2) is 13.1 Å². The molecule has 3 nitrogen and oxygen atoms in total. The van der Waals surface area contributed by atoms with Crippen LogP contribution in [0.1, 0.15) is 19.8 Å². The van der Waals surface area contributed by atoms with Gasteiger partial charge in [0.05, 0.1) is 5.75 Å². The predicted molar refractivity (Wildman–Crippen MR) is 45.5 cm³/mol. The highest BCUT2D eigenvalue weighted by molar-refractivity contribution is 7.89. The first-order chi connectivity index (χ1) is 5.12. The zero-order valence-electron chi connectivity index (χ0n) is 6.63. The Morgan fingerprint density at radius 2 is 2.18 bits per heavy atom. The summed E-state index contributed by atoms with van der Waals surface area (Å²) in [5.74, 6) is 2.57. The number of sulfonamides is 1. The lowest BCUT2D eigenvalue weighted by atomic mass is 10.3. The van der Waals surface area contributed by atoms with Crippen molar-refractivity contribution >= 4 is 10.0 Å². The topological polar surface area (TPSA) is 46.2 Å². The highest BCUT2D eigenvalue weighted by Gasteiger charge is 2.03. The number of hydrogen-bond donors (Lipinski definition) is 1. The fourth-order valence-electron chi connectivity index (χ4n) is 0.520. The van der Waals surface area contributed by atoms with E-state index in [1.54, 1.807) is 6.92 Å².